The average molecular weight is 480 g/mol. The molecule has 0 aliphatic carbocycles. The molecular weight excluding hydrogens is 458 g/mol. The summed E-state index contributed by atoms with van der Waals surface area (Å²) >= 11 is 7.21. The number of fused-ring (bicyclic) bond motifs is 1. The Morgan fingerprint density at radius 1 is 1.38 bits per heavy atom. The fourth-order valence-electron chi connectivity index (χ4n) is 3.48. The lowest BCUT2D eigenvalue weighted by Crippen LogP contribution is -2.54. The van der Waals surface area contributed by atoms with Gasteiger partial charge in [-0.1, -0.05) is 11.6 Å². The Labute approximate surface area is 192 Å². The Balaban J connectivity index is 1.61. The predicted molar refractivity (Wildman–Crippen MR) is 121 cm³/mol. The Hall–Kier alpha value is -2.92. The standard InChI is InChI=1S/C20H22ClN5O5S/c1-11-10-24(19(27)31-20(2,3)4)5-6-25(11)18-23-14-8-12(21)7-13(16(14)30-18)17-22-9-15(32-17)26(28)29/h7-9,11H,5-6,10H2,1-4H3. The van der Waals surface area contributed by atoms with Crippen molar-refractivity contribution in [2.45, 2.75) is 39.3 Å². The van der Waals surface area contributed by atoms with E-state index in [0.717, 1.165) is 11.3 Å². The summed E-state index contributed by atoms with van der Waals surface area (Å²) in [7, 11) is 0. The number of piperazine rings is 1. The number of aromatic nitrogens is 2. The van der Waals surface area contributed by atoms with E-state index in [1.165, 1.54) is 6.20 Å². The highest BCUT2D eigenvalue weighted by Crippen LogP contribution is 2.38. The maximum absolute atomic E-state index is 12.4. The van der Waals surface area contributed by atoms with Crippen LogP contribution in [0, 0.1) is 10.1 Å². The molecule has 12 heteroatoms. The Morgan fingerprint density at radius 2 is 2.12 bits per heavy atom. The summed E-state index contributed by atoms with van der Waals surface area (Å²) in [6.07, 6.45) is 0.864. The molecule has 1 aromatic carbocycles. The van der Waals surface area contributed by atoms with Gasteiger partial charge in [-0.2, -0.15) is 4.98 Å². The van der Waals surface area contributed by atoms with Gasteiger partial charge >= 0.3 is 11.1 Å². The molecule has 1 amide bonds. The lowest BCUT2D eigenvalue weighted by Gasteiger charge is -2.39. The summed E-state index contributed by atoms with van der Waals surface area (Å²) in [6.45, 7) is 8.92. The van der Waals surface area contributed by atoms with Crippen LogP contribution in [0.3, 0.4) is 0 Å². The second kappa shape index (κ2) is 8.21. The zero-order chi connectivity index (χ0) is 23.2. The number of hydrogen-bond donors (Lipinski definition) is 0. The van der Waals surface area contributed by atoms with E-state index in [1.807, 2.05) is 32.6 Å². The number of nitro groups is 1. The van der Waals surface area contributed by atoms with Gasteiger partial charge in [0.1, 0.15) is 22.3 Å². The summed E-state index contributed by atoms with van der Waals surface area (Å²) in [5.74, 6) is 0. The van der Waals surface area contributed by atoms with Gasteiger partial charge in [0.25, 0.3) is 6.01 Å². The topological polar surface area (TPSA) is 115 Å². The molecule has 3 heterocycles. The van der Waals surface area contributed by atoms with Crippen molar-refractivity contribution in [2.24, 2.45) is 0 Å². The van der Waals surface area contributed by atoms with Crippen molar-refractivity contribution in [3.8, 4) is 10.6 Å². The highest BCUT2D eigenvalue weighted by molar-refractivity contribution is 7.18. The van der Waals surface area contributed by atoms with Crippen LogP contribution in [0.15, 0.2) is 22.7 Å². The first-order valence-corrected chi connectivity index (χ1v) is 11.2. The van der Waals surface area contributed by atoms with E-state index < -0.39 is 10.5 Å². The van der Waals surface area contributed by atoms with E-state index in [-0.39, 0.29) is 17.1 Å². The highest BCUT2D eigenvalue weighted by Gasteiger charge is 2.32. The van der Waals surface area contributed by atoms with E-state index in [4.69, 9.17) is 20.8 Å². The maximum atomic E-state index is 12.4. The Bertz CT molecular complexity index is 1190. The summed E-state index contributed by atoms with van der Waals surface area (Å²) in [5.41, 5.74) is 0.972. The van der Waals surface area contributed by atoms with Crippen LogP contribution in [-0.2, 0) is 4.74 Å². The third kappa shape index (κ3) is 4.49. The van der Waals surface area contributed by atoms with Crippen molar-refractivity contribution in [1.82, 2.24) is 14.9 Å². The number of carbonyl (C=O) groups excluding carboxylic acids is 1. The van der Waals surface area contributed by atoms with E-state index in [9.17, 15) is 14.9 Å². The third-order valence-corrected chi connectivity index (χ3v) is 6.07. The highest BCUT2D eigenvalue weighted by atomic mass is 35.5. The number of anilines is 1. The van der Waals surface area contributed by atoms with Gasteiger partial charge in [-0.05, 0) is 51.2 Å². The molecule has 1 aliphatic rings. The number of rotatable bonds is 3. The molecule has 170 valence electrons. The number of nitrogens with zero attached hydrogens (tertiary/aromatic N) is 5. The third-order valence-electron chi connectivity index (χ3n) is 4.87. The first-order chi connectivity index (χ1) is 15.0. The van der Waals surface area contributed by atoms with Gasteiger partial charge in [0.2, 0.25) is 0 Å². The predicted octanol–water partition coefficient (Wildman–Crippen LogP) is 4.96. The number of hydrogen-bond acceptors (Lipinski definition) is 9. The first kappa shape index (κ1) is 22.3. The smallest absolute Gasteiger partial charge is 0.410 e. The molecule has 1 unspecified atom stereocenters. The molecule has 1 aliphatic heterocycles. The van der Waals surface area contributed by atoms with Gasteiger partial charge < -0.3 is 19.0 Å². The summed E-state index contributed by atoms with van der Waals surface area (Å²) in [4.78, 5) is 35.4. The van der Waals surface area contributed by atoms with Gasteiger partial charge in [-0.15, -0.1) is 0 Å². The second-order valence-electron chi connectivity index (χ2n) is 8.53. The molecule has 0 saturated carbocycles. The molecule has 2 aromatic heterocycles. The quantitative estimate of drug-likeness (QED) is 0.382. The van der Waals surface area contributed by atoms with Crippen molar-refractivity contribution < 1.29 is 18.9 Å². The van der Waals surface area contributed by atoms with Gasteiger partial charge in [-0.3, -0.25) is 10.1 Å². The van der Waals surface area contributed by atoms with Crippen LogP contribution in [0.5, 0.6) is 0 Å². The SMILES string of the molecule is CC1CN(C(=O)OC(C)(C)C)CCN1c1nc2cc(Cl)cc(-c3ncc([N+](=O)[O-])s3)c2o1. The lowest BCUT2D eigenvalue weighted by molar-refractivity contribution is -0.380. The number of oxazole rings is 1. The van der Waals surface area contributed by atoms with Crippen LogP contribution in [0.25, 0.3) is 21.7 Å². The maximum Gasteiger partial charge on any atom is 0.410 e. The van der Waals surface area contributed by atoms with Crippen molar-refractivity contribution in [3.05, 3.63) is 33.5 Å². The van der Waals surface area contributed by atoms with Gasteiger partial charge in [0.15, 0.2) is 5.58 Å². The normalized spacial score (nSPS) is 17.1. The monoisotopic (exact) mass is 479 g/mol. The number of thiazole rings is 1. The summed E-state index contributed by atoms with van der Waals surface area (Å²) < 4.78 is 11.6. The first-order valence-electron chi connectivity index (χ1n) is 9.97. The van der Waals surface area contributed by atoms with Crippen LogP contribution in [-0.4, -0.2) is 57.2 Å². The minimum Gasteiger partial charge on any atom is -0.444 e. The zero-order valence-corrected chi connectivity index (χ0v) is 19.6. The van der Waals surface area contributed by atoms with Crippen molar-refractivity contribution >= 4 is 51.1 Å². The fourth-order valence-corrected chi connectivity index (χ4v) is 4.43. The van der Waals surface area contributed by atoms with Crippen LogP contribution in [0.2, 0.25) is 5.02 Å². The fraction of sp³-hybridized carbons (Fsp3) is 0.450. The molecule has 32 heavy (non-hydrogen) atoms. The number of ether oxygens (including phenoxy) is 1. The Kier molecular flexibility index (Phi) is 5.72. The van der Waals surface area contributed by atoms with Crippen LogP contribution in [0.1, 0.15) is 27.7 Å². The van der Waals surface area contributed by atoms with Crippen LogP contribution >= 0.6 is 22.9 Å². The molecule has 0 radical (unpaired) electrons. The summed E-state index contributed by atoms with van der Waals surface area (Å²) in [6, 6.07) is 3.66. The van der Waals surface area contributed by atoms with E-state index >= 15 is 0 Å². The molecule has 10 nitrogen and oxygen atoms in total. The molecule has 0 bridgehead atoms. The molecule has 1 fully saturated rings. The van der Waals surface area contributed by atoms with Gasteiger partial charge in [0.05, 0.1) is 10.5 Å². The van der Waals surface area contributed by atoms with Crippen LogP contribution in [0.4, 0.5) is 15.8 Å². The molecule has 4 rings (SSSR count). The number of halogens is 1. The van der Waals surface area contributed by atoms with Gasteiger partial charge in [0, 0.05) is 30.7 Å². The molecular formula is C20H22ClN5O5S. The molecule has 1 atom stereocenters. The van der Waals surface area contributed by atoms with Gasteiger partial charge in [-0.25, -0.2) is 9.78 Å². The number of carbonyl (C=O) groups is 1. The summed E-state index contributed by atoms with van der Waals surface area (Å²) in [5, 5.41) is 11.8. The minimum atomic E-state index is -0.557. The van der Waals surface area contributed by atoms with E-state index in [2.05, 4.69) is 9.97 Å². The molecule has 0 N–H and O–H groups in total. The number of amides is 1. The molecule has 1 saturated heterocycles. The molecule has 0 spiro atoms. The largest absolute Gasteiger partial charge is 0.444 e. The lowest BCUT2D eigenvalue weighted by atomic mass is 10.2. The minimum absolute atomic E-state index is 0.0656. The van der Waals surface area contributed by atoms with Crippen molar-refractivity contribution in [2.75, 3.05) is 24.5 Å². The van der Waals surface area contributed by atoms with Crippen molar-refractivity contribution in [1.29, 1.82) is 0 Å². The Morgan fingerprint density at radius 3 is 2.75 bits per heavy atom. The second-order valence-corrected chi connectivity index (χ2v) is 9.97. The van der Waals surface area contributed by atoms with E-state index in [0.29, 0.717) is 52.3 Å². The average Bonchev–Trinajstić information content (AvgIpc) is 3.33. The molecule has 3 aromatic rings. The number of benzene rings is 1. The zero-order valence-electron chi connectivity index (χ0n) is 18.0. The van der Waals surface area contributed by atoms with Crippen molar-refractivity contribution in [3.63, 3.8) is 0 Å². The van der Waals surface area contributed by atoms with E-state index in [1.54, 1.807) is 17.0 Å². The van der Waals surface area contributed by atoms with Crippen LogP contribution < -0.4 is 4.90 Å².